The lowest BCUT2D eigenvalue weighted by atomic mass is 10.2. The van der Waals surface area contributed by atoms with E-state index < -0.39 is 5.60 Å². The summed E-state index contributed by atoms with van der Waals surface area (Å²) in [6.07, 6.45) is 0. The second kappa shape index (κ2) is 6.84. The zero-order chi connectivity index (χ0) is 6.50. The molecule has 0 amide bonds. The van der Waals surface area contributed by atoms with E-state index in [1.54, 1.807) is 20.8 Å². The van der Waals surface area contributed by atoms with Crippen LogP contribution in [0.25, 0.3) is 0 Å². The highest BCUT2D eigenvalue weighted by Crippen LogP contribution is 1.93. The Labute approximate surface area is 49.8 Å². The Bertz CT molecular complexity index is 27.5. The van der Waals surface area contributed by atoms with Crippen LogP contribution in [0, 0.1) is 0 Å². The van der Waals surface area contributed by atoms with Crippen molar-refractivity contribution in [3.05, 3.63) is 0 Å². The molecule has 0 fully saturated rings. The van der Waals surface area contributed by atoms with Crippen molar-refractivity contribution < 1.29 is 10.6 Å². The lowest BCUT2D eigenvalue weighted by Gasteiger charge is -2.04. The average Bonchev–Trinajstić information content (AvgIpc) is 1.36. The van der Waals surface area contributed by atoms with Gasteiger partial charge >= 0.3 is 0 Å². The Kier molecular flexibility index (Phi) is 13.4. The van der Waals surface area contributed by atoms with E-state index in [4.69, 9.17) is 5.11 Å². The van der Waals surface area contributed by atoms with E-state index in [2.05, 4.69) is 11.7 Å². The molecule has 0 spiro atoms. The van der Waals surface area contributed by atoms with Crippen LogP contribution >= 0.6 is 0 Å². The van der Waals surface area contributed by atoms with E-state index in [0.717, 1.165) is 0 Å². The largest absolute Gasteiger partial charge is 0.412 e. The summed E-state index contributed by atoms with van der Waals surface area (Å²) in [5.74, 6) is 8.00. The standard InChI is InChI=1S/C4H10O.H4N2.H2O/c1-4(2,3)5;1-2;/h5H,1-3H3;1-2H2;1H2. The molecule has 4 nitrogen and oxygen atoms in total. The summed E-state index contributed by atoms with van der Waals surface area (Å²) in [6, 6.07) is 0. The number of nitrogens with two attached hydrogens (primary N) is 2. The van der Waals surface area contributed by atoms with Gasteiger partial charge in [0.2, 0.25) is 0 Å². The molecule has 0 aromatic rings. The fraction of sp³-hybridized carbons (Fsp3) is 1.00. The normalized spacial score (nSPS) is 8.25. The maximum absolute atomic E-state index is 8.52. The molecule has 0 saturated carbocycles. The minimum Gasteiger partial charge on any atom is -0.412 e. The summed E-state index contributed by atoms with van der Waals surface area (Å²) >= 11 is 0. The highest BCUT2D eigenvalue weighted by Gasteiger charge is 1.97. The van der Waals surface area contributed by atoms with E-state index in [9.17, 15) is 0 Å². The zero-order valence-corrected chi connectivity index (χ0v) is 5.60. The molecule has 0 aromatic carbocycles. The van der Waals surface area contributed by atoms with E-state index in [1.807, 2.05) is 0 Å². The quantitative estimate of drug-likeness (QED) is 0.278. The van der Waals surface area contributed by atoms with Crippen LogP contribution in [-0.4, -0.2) is 16.2 Å². The first kappa shape index (κ1) is 15.7. The van der Waals surface area contributed by atoms with Crippen LogP contribution in [0.1, 0.15) is 20.8 Å². The van der Waals surface area contributed by atoms with Crippen molar-refractivity contribution >= 4 is 0 Å². The van der Waals surface area contributed by atoms with Crippen LogP contribution in [-0.2, 0) is 0 Å². The molecule has 54 valence electrons. The minimum atomic E-state index is -0.500. The lowest BCUT2D eigenvalue weighted by molar-refractivity contribution is 0.102. The Hall–Kier alpha value is -0.160. The first-order valence-electron chi connectivity index (χ1n) is 2.06. The topological polar surface area (TPSA) is 104 Å². The smallest absolute Gasteiger partial charge is 0.0563 e. The van der Waals surface area contributed by atoms with Gasteiger partial charge in [-0.15, -0.1) is 0 Å². The van der Waals surface area contributed by atoms with Gasteiger partial charge in [-0.05, 0) is 20.8 Å². The highest BCUT2D eigenvalue weighted by molar-refractivity contribution is 4.50. The predicted octanol–water partition coefficient (Wildman–Crippen LogP) is -1.23. The van der Waals surface area contributed by atoms with Crippen molar-refractivity contribution in [2.24, 2.45) is 11.7 Å². The Morgan fingerprint density at radius 3 is 1.12 bits per heavy atom. The Morgan fingerprint density at radius 2 is 1.12 bits per heavy atom. The fourth-order valence-corrected chi connectivity index (χ4v) is 0. The Balaban J connectivity index is -0.0000000750. The summed E-state index contributed by atoms with van der Waals surface area (Å²) < 4.78 is 0. The molecule has 0 rings (SSSR count). The van der Waals surface area contributed by atoms with Crippen LogP contribution in [0.15, 0.2) is 0 Å². The van der Waals surface area contributed by atoms with Crippen molar-refractivity contribution in [3.8, 4) is 0 Å². The first-order chi connectivity index (χ1) is 3.00. The summed E-state index contributed by atoms with van der Waals surface area (Å²) in [5, 5.41) is 8.52. The summed E-state index contributed by atoms with van der Waals surface area (Å²) in [5.41, 5.74) is -0.500. The SMILES string of the molecule is CC(C)(C)O.NN.O. The predicted molar refractivity (Wildman–Crippen MR) is 34.0 cm³/mol. The monoisotopic (exact) mass is 124 g/mol. The third kappa shape index (κ3) is 5340. The lowest BCUT2D eigenvalue weighted by Crippen LogP contribution is -2.10. The van der Waals surface area contributed by atoms with Gasteiger partial charge in [0.1, 0.15) is 0 Å². The number of aliphatic hydroxyl groups is 1. The summed E-state index contributed by atoms with van der Waals surface area (Å²) in [4.78, 5) is 0. The van der Waals surface area contributed by atoms with Crippen molar-refractivity contribution in [3.63, 3.8) is 0 Å². The minimum absolute atomic E-state index is 0. The molecule has 0 aliphatic heterocycles. The molecule has 4 heteroatoms. The molecule has 0 saturated heterocycles. The van der Waals surface area contributed by atoms with Gasteiger partial charge in [0.05, 0.1) is 5.60 Å². The molecular weight excluding hydrogens is 108 g/mol. The van der Waals surface area contributed by atoms with Gasteiger partial charge in [-0.3, -0.25) is 11.7 Å². The third-order valence-electron chi connectivity index (χ3n) is 0. The molecule has 0 unspecified atom stereocenters. The highest BCUT2D eigenvalue weighted by atomic mass is 16.3. The van der Waals surface area contributed by atoms with E-state index in [0.29, 0.717) is 0 Å². The molecule has 0 heterocycles. The number of hydrazine groups is 1. The van der Waals surface area contributed by atoms with Crippen LogP contribution in [0.3, 0.4) is 0 Å². The summed E-state index contributed by atoms with van der Waals surface area (Å²) in [6.45, 7) is 5.23. The van der Waals surface area contributed by atoms with Gasteiger partial charge in [-0.1, -0.05) is 0 Å². The van der Waals surface area contributed by atoms with E-state index >= 15 is 0 Å². The van der Waals surface area contributed by atoms with Crippen LogP contribution in [0.4, 0.5) is 0 Å². The maximum Gasteiger partial charge on any atom is 0.0563 e. The van der Waals surface area contributed by atoms with Gasteiger partial charge in [-0.25, -0.2) is 0 Å². The zero-order valence-electron chi connectivity index (χ0n) is 5.60. The van der Waals surface area contributed by atoms with Gasteiger partial charge in [0.25, 0.3) is 0 Å². The van der Waals surface area contributed by atoms with Gasteiger partial charge in [0, 0.05) is 0 Å². The van der Waals surface area contributed by atoms with Gasteiger partial charge < -0.3 is 10.6 Å². The van der Waals surface area contributed by atoms with Crippen molar-refractivity contribution in [2.45, 2.75) is 26.4 Å². The molecule has 7 N–H and O–H groups in total. The first-order valence-corrected chi connectivity index (χ1v) is 2.06. The van der Waals surface area contributed by atoms with Crippen LogP contribution in [0.2, 0.25) is 0 Å². The fourth-order valence-electron chi connectivity index (χ4n) is 0. The van der Waals surface area contributed by atoms with Crippen LogP contribution in [0.5, 0.6) is 0 Å². The van der Waals surface area contributed by atoms with E-state index in [-0.39, 0.29) is 5.48 Å². The summed E-state index contributed by atoms with van der Waals surface area (Å²) in [7, 11) is 0. The van der Waals surface area contributed by atoms with Crippen LogP contribution < -0.4 is 11.7 Å². The van der Waals surface area contributed by atoms with Crippen molar-refractivity contribution in [2.75, 3.05) is 0 Å². The molecule has 0 aliphatic carbocycles. The van der Waals surface area contributed by atoms with Crippen molar-refractivity contribution in [1.82, 2.24) is 0 Å². The molecular formula is C4H16N2O2. The molecule has 0 bridgehead atoms. The van der Waals surface area contributed by atoms with Gasteiger partial charge in [-0.2, -0.15) is 0 Å². The molecule has 8 heavy (non-hydrogen) atoms. The number of hydrogen-bond donors (Lipinski definition) is 3. The second-order valence-corrected chi connectivity index (χ2v) is 2.17. The average molecular weight is 124 g/mol. The maximum atomic E-state index is 8.52. The second-order valence-electron chi connectivity index (χ2n) is 2.17. The number of hydrogen-bond acceptors (Lipinski definition) is 3. The van der Waals surface area contributed by atoms with E-state index in [1.165, 1.54) is 0 Å². The van der Waals surface area contributed by atoms with Crippen molar-refractivity contribution in [1.29, 1.82) is 0 Å². The Morgan fingerprint density at radius 1 is 1.12 bits per heavy atom. The molecule has 0 aliphatic rings. The molecule has 0 atom stereocenters. The molecule has 0 aromatic heterocycles. The van der Waals surface area contributed by atoms with Gasteiger partial charge in [0.15, 0.2) is 0 Å². The molecule has 0 radical (unpaired) electrons. The number of rotatable bonds is 0. The third-order valence-corrected chi connectivity index (χ3v) is 0.